The third-order valence-electron chi connectivity index (χ3n) is 2.54. The van der Waals surface area contributed by atoms with Crippen LogP contribution in [0.4, 0.5) is 5.69 Å². The summed E-state index contributed by atoms with van der Waals surface area (Å²) < 4.78 is 1.74. The second-order valence-corrected chi connectivity index (χ2v) is 4.58. The summed E-state index contributed by atoms with van der Waals surface area (Å²) in [5.74, 6) is -0.276. The third-order valence-corrected chi connectivity index (χ3v) is 2.75. The Labute approximate surface area is 115 Å². The summed E-state index contributed by atoms with van der Waals surface area (Å²) in [7, 11) is 0. The van der Waals surface area contributed by atoms with Crippen LogP contribution in [-0.2, 0) is 6.54 Å². The van der Waals surface area contributed by atoms with Crippen molar-refractivity contribution in [1.82, 2.24) is 20.1 Å². The number of nitrogens with zero attached hydrogens (tertiary/aromatic N) is 3. The van der Waals surface area contributed by atoms with E-state index in [2.05, 4.69) is 15.4 Å². The van der Waals surface area contributed by atoms with Gasteiger partial charge in [-0.05, 0) is 19.1 Å². The quantitative estimate of drug-likeness (QED) is 0.827. The van der Waals surface area contributed by atoms with E-state index in [0.717, 1.165) is 0 Å². The van der Waals surface area contributed by atoms with E-state index in [-0.39, 0.29) is 17.1 Å². The SMILES string of the molecule is CC(Cn1cccn1)NC(=O)c1cc(Cl)ncc1N. The number of nitrogen functional groups attached to an aromatic ring is 1. The van der Waals surface area contributed by atoms with Gasteiger partial charge in [0.15, 0.2) is 0 Å². The topological polar surface area (TPSA) is 85.8 Å². The first kappa shape index (κ1) is 13.4. The lowest BCUT2D eigenvalue weighted by Gasteiger charge is -2.14. The number of amides is 1. The normalized spacial score (nSPS) is 12.1. The minimum atomic E-state index is -0.276. The van der Waals surface area contributed by atoms with Crippen LogP contribution in [0.1, 0.15) is 17.3 Å². The maximum absolute atomic E-state index is 12.0. The number of carbonyl (C=O) groups is 1. The van der Waals surface area contributed by atoms with E-state index in [9.17, 15) is 4.79 Å². The Balaban J connectivity index is 2.02. The minimum Gasteiger partial charge on any atom is -0.397 e. The van der Waals surface area contributed by atoms with Gasteiger partial charge in [-0.3, -0.25) is 9.48 Å². The Morgan fingerprint density at radius 3 is 3.11 bits per heavy atom. The van der Waals surface area contributed by atoms with Crippen LogP contribution in [0.15, 0.2) is 30.7 Å². The van der Waals surface area contributed by atoms with Crippen molar-refractivity contribution in [1.29, 1.82) is 0 Å². The van der Waals surface area contributed by atoms with Crippen LogP contribution in [0.2, 0.25) is 5.15 Å². The molecule has 2 aromatic rings. The molecule has 0 fully saturated rings. The van der Waals surface area contributed by atoms with Crippen molar-refractivity contribution >= 4 is 23.2 Å². The molecule has 1 unspecified atom stereocenters. The summed E-state index contributed by atoms with van der Waals surface area (Å²) in [5, 5.41) is 7.15. The molecule has 7 heteroatoms. The standard InChI is InChI=1S/C12H14ClN5O/c1-8(7-18-4-2-3-16-18)17-12(19)9-5-11(13)15-6-10(9)14/h2-6,8H,7,14H2,1H3,(H,17,19). The molecule has 6 nitrogen and oxygen atoms in total. The summed E-state index contributed by atoms with van der Waals surface area (Å²) in [6.45, 7) is 2.47. The van der Waals surface area contributed by atoms with E-state index in [4.69, 9.17) is 17.3 Å². The molecule has 0 saturated heterocycles. The number of halogens is 1. The van der Waals surface area contributed by atoms with Gasteiger partial charge >= 0.3 is 0 Å². The zero-order valence-electron chi connectivity index (χ0n) is 10.4. The van der Waals surface area contributed by atoms with E-state index in [1.54, 1.807) is 10.9 Å². The highest BCUT2D eigenvalue weighted by atomic mass is 35.5. The van der Waals surface area contributed by atoms with E-state index < -0.39 is 0 Å². The van der Waals surface area contributed by atoms with E-state index >= 15 is 0 Å². The predicted molar refractivity (Wildman–Crippen MR) is 72.8 cm³/mol. The molecule has 2 aromatic heterocycles. The predicted octanol–water partition coefficient (Wildman–Crippen LogP) is 1.33. The molecule has 0 radical (unpaired) electrons. The number of hydrogen-bond donors (Lipinski definition) is 2. The number of hydrogen-bond acceptors (Lipinski definition) is 4. The van der Waals surface area contributed by atoms with Crippen LogP contribution < -0.4 is 11.1 Å². The summed E-state index contributed by atoms with van der Waals surface area (Å²) in [6, 6.07) is 3.20. The molecule has 0 aliphatic carbocycles. The first-order valence-corrected chi connectivity index (χ1v) is 6.13. The Hall–Kier alpha value is -2.08. The Bertz CT molecular complexity index is 570. The van der Waals surface area contributed by atoms with E-state index in [1.165, 1.54) is 12.3 Å². The maximum Gasteiger partial charge on any atom is 0.253 e. The van der Waals surface area contributed by atoms with E-state index in [1.807, 2.05) is 19.2 Å². The highest BCUT2D eigenvalue weighted by molar-refractivity contribution is 6.29. The second-order valence-electron chi connectivity index (χ2n) is 4.20. The highest BCUT2D eigenvalue weighted by Gasteiger charge is 2.14. The molecule has 2 heterocycles. The van der Waals surface area contributed by atoms with Gasteiger partial charge in [0.25, 0.3) is 5.91 Å². The minimum absolute atomic E-state index is 0.0845. The summed E-state index contributed by atoms with van der Waals surface area (Å²) in [5.41, 5.74) is 6.33. The van der Waals surface area contributed by atoms with Gasteiger partial charge in [0, 0.05) is 18.4 Å². The molecule has 0 aliphatic heterocycles. The fourth-order valence-electron chi connectivity index (χ4n) is 1.67. The van der Waals surface area contributed by atoms with Gasteiger partial charge in [-0.1, -0.05) is 11.6 Å². The number of nitrogens with two attached hydrogens (primary N) is 1. The number of carbonyl (C=O) groups excluding carboxylic acids is 1. The molecular weight excluding hydrogens is 266 g/mol. The first-order chi connectivity index (χ1) is 9.06. The van der Waals surface area contributed by atoms with Crippen LogP contribution in [0.3, 0.4) is 0 Å². The molecule has 2 rings (SSSR count). The van der Waals surface area contributed by atoms with Gasteiger partial charge < -0.3 is 11.1 Å². The summed E-state index contributed by atoms with van der Waals surface area (Å²) >= 11 is 5.75. The van der Waals surface area contributed by atoms with Gasteiger partial charge in [0.05, 0.1) is 24.0 Å². The van der Waals surface area contributed by atoms with Crippen LogP contribution >= 0.6 is 11.6 Å². The number of nitrogens with one attached hydrogen (secondary N) is 1. The average Bonchev–Trinajstić information content (AvgIpc) is 2.84. The zero-order valence-corrected chi connectivity index (χ0v) is 11.1. The van der Waals surface area contributed by atoms with Crippen molar-refractivity contribution < 1.29 is 4.79 Å². The lowest BCUT2D eigenvalue weighted by molar-refractivity contribution is 0.0937. The Morgan fingerprint density at radius 1 is 1.63 bits per heavy atom. The molecule has 1 amide bonds. The van der Waals surface area contributed by atoms with Gasteiger partial charge in [-0.25, -0.2) is 4.98 Å². The Kier molecular flexibility index (Phi) is 4.01. The number of rotatable bonds is 4. The van der Waals surface area contributed by atoms with Crippen molar-refractivity contribution in [3.05, 3.63) is 41.4 Å². The molecular formula is C12H14ClN5O. The van der Waals surface area contributed by atoms with Crippen molar-refractivity contribution in [2.75, 3.05) is 5.73 Å². The summed E-state index contributed by atoms with van der Waals surface area (Å²) in [4.78, 5) is 15.9. The van der Waals surface area contributed by atoms with Crippen LogP contribution in [0.5, 0.6) is 0 Å². The molecule has 1 atom stereocenters. The van der Waals surface area contributed by atoms with Crippen molar-refractivity contribution in [3.63, 3.8) is 0 Å². The molecule has 19 heavy (non-hydrogen) atoms. The molecule has 0 aromatic carbocycles. The summed E-state index contributed by atoms with van der Waals surface area (Å²) in [6.07, 6.45) is 4.89. The molecule has 3 N–H and O–H groups in total. The Morgan fingerprint density at radius 2 is 2.42 bits per heavy atom. The van der Waals surface area contributed by atoms with Crippen molar-refractivity contribution in [2.24, 2.45) is 0 Å². The number of anilines is 1. The maximum atomic E-state index is 12.0. The third kappa shape index (κ3) is 3.45. The van der Waals surface area contributed by atoms with Crippen LogP contribution in [-0.4, -0.2) is 26.7 Å². The fraction of sp³-hybridized carbons (Fsp3) is 0.250. The molecule has 0 saturated carbocycles. The number of pyridine rings is 1. The fourth-order valence-corrected chi connectivity index (χ4v) is 1.83. The van der Waals surface area contributed by atoms with Crippen LogP contribution in [0.25, 0.3) is 0 Å². The van der Waals surface area contributed by atoms with Crippen molar-refractivity contribution in [2.45, 2.75) is 19.5 Å². The average molecular weight is 280 g/mol. The lowest BCUT2D eigenvalue weighted by Crippen LogP contribution is -2.36. The molecule has 0 bridgehead atoms. The first-order valence-electron chi connectivity index (χ1n) is 5.75. The van der Waals surface area contributed by atoms with Crippen LogP contribution in [0, 0.1) is 0 Å². The zero-order chi connectivity index (χ0) is 13.8. The second kappa shape index (κ2) is 5.71. The molecule has 100 valence electrons. The van der Waals surface area contributed by atoms with Crippen molar-refractivity contribution in [3.8, 4) is 0 Å². The van der Waals surface area contributed by atoms with Gasteiger partial charge in [-0.15, -0.1) is 0 Å². The van der Waals surface area contributed by atoms with Gasteiger partial charge in [0.2, 0.25) is 0 Å². The van der Waals surface area contributed by atoms with E-state index in [0.29, 0.717) is 17.8 Å². The van der Waals surface area contributed by atoms with Gasteiger partial charge in [-0.2, -0.15) is 5.10 Å². The molecule has 0 aliphatic rings. The number of aromatic nitrogens is 3. The largest absolute Gasteiger partial charge is 0.397 e. The van der Waals surface area contributed by atoms with Gasteiger partial charge in [0.1, 0.15) is 5.15 Å². The lowest BCUT2D eigenvalue weighted by atomic mass is 10.2. The highest BCUT2D eigenvalue weighted by Crippen LogP contribution is 2.14. The molecule has 0 spiro atoms. The smallest absolute Gasteiger partial charge is 0.253 e. The monoisotopic (exact) mass is 279 g/mol.